The van der Waals surface area contributed by atoms with Gasteiger partial charge in [-0.15, -0.1) is 0 Å². The van der Waals surface area contributed by atoms with E-state index in [9.17, 15) is 18.5 Å². The van der Waals surface area contributed by atoms with E-state index in [0.29, 0.717) is 13.1 Å². The quantitative estimate of drug-likeness (QED) is 0.514. The summed E-state index contributed by atoms with van der Waals surface area (Å²) >= 11 is 0. The van der Waals surface area contributed by atoms with Crippen LogP contribution < -0.4 is 5.32 Å². The SMILES string of the molecule is CCc1cccc(CC)c1NC(=O)/C(C#N)=C\N1CCN(S(=O)(=O)c2ccccc2)CC1. The molecule has 0 spiro atoms. The van der Waals surface area contributed by atoms with Crippen molar-refractivity contribution in [1.82, 2.24) is 9.21 Å². The Labute approximate surface area is 190 Å². The molecule has 1 fully saturated rings. The number of hydrogen-bond acceptors (Lipinski definition) is 5. The van der Waals surface area contributed by atoms with Crippen LogP contribution in [0.4, 0.5) is 5.69 Å². The number of nitriles is 1. The Hall–Kier alpha value is -3.15. The van der Waals surface area contributed by atoms with Crippen LogP contribution in [0.2, 0.25) is 0 Å². The number of anilines is 1. The van der Waals surface area contributed by atoms with Crippen molar-refractivity contribution in [3.05, 3.63) is 71.4 Å². The van der Waals surface area contributed by atoms with Crippen LogP contribution in [0.5, 0.6) is 0 Å². The Kier molecular flexibility index (Phi) is 7.67. The number of nitrogens with zero attached hydrogens (tertiary/aromatic N) is 3. The largest absolute Gasteiger partial charge is 0.373 e. The van der Waals surface area contributed by atoms with Crippen molar-refractivity contribution >= 4 is 21.6 Å². The van der Waals surface area contributed by atoms with Gasteiger partial charge in [0.2, 0.25) is 10.0 Å². The number of rotatable bonds is 7. The van der Waals surface area contributed by atoms with Gasteiger partial charge < -0.3 is 10.2 Å². The van der Waals surface area contributed by atoms with Crippen molar-refractivity contribution in [1.29, 1.82) is 5.26 Å². The summed E-state index contributed by atoms with van der Waals surface area (Å²) in [5.41, 5.74) is 2.81. The van der Waals surface area contributed by atoms with Crippen molar-refractivity contribution in [3.8, 4) is 6.07 Å². The van der Waals surface area contributed by atoms with E-state index in [2.05, 4.69) is 5.32 Å². The molecule has 2 aromatic rings. The Bertz CT molecular complexity index is 1110. The zero-order chi connectivity index (χ0) is 23.1. The molecule has 0 radical (unpaired) electrons. The molecule has 7 nitrogen and oxygen atoms in total. The Morgan fingerprint density at radius 3 is 2.12 bits per heavy atom. The van der Waals surface area contributed by atoms with E-state index in [1.54, 1.807) is 30.3 Å². The van der Waals surface area contributed by atoms with Crippen molar-refractivity contribution < 1.29 is 13.2 Å². The number of amides is 1. The van der Waals surface area contributed by atoms with Crippen molar-refractivity contribution in [2.45, 2.75) is 31.6 Å². The Balaban J connectivity index is 1.70. The Morgan fingerprint density at radius 1 is 1.00 bits per heavy atom. The molecule has 3 rings (SSSR count). The van der Waals surface area contributed by atoms with Gasteiger partial charge in [-0.1, -0.05) is 50.2 Å². The summed E-state index contributed by atoms with van der Waals surface area (Å²) in [5, 5.41) is 12.5. The summed E-state index contributed by atoms with van der Waals surface area (Å²) < 4.78 is 27.0. The summed E-state index contributed by atoms with van der Waals surface area (Å²) in [5.74, 6) is -0.456. The molecule has 2 aromatic carbocycles. The monoisotopic (exact) mass is 452 g/mol. The summed E-state index contributed by atoms with van der Waals surface area (Å²) in [6.07, 6.45) is 3.07. The van der Waals surface area contributed by atoms with Crippen molar-refractivity contribution in [3.63, 3.8) is 0 Å². The van der Waals surface area contributed by atoms with Crippen LogP contribution in [0.3, 0.4) is 0 Å². The van der Waals surface area contributed by atoms with Crippen molar-refractivity contribution in [2.75, 3.05) is 31.5 Å². The Morgan fingerprint density at radius 2 is 1.59 bits per heavy atom. The molecule has 1 saturated heterocycles. The molecule has 168 valence electrons. The summed E-state index contributed by atoms with van der Waals surface area (Å²) in [6.45, 7) is 5.41. The number of hydrogen-bond donors (Lipinski definition) is 1. The van der Waals surface area contributed by atoms with Gasteiger partial charge in [-0.05, 0) is 36.1 Å². The lowest BCUT2D eigenvalue weighted by Gasteiger charge is -2.33. The molecule has 32 heavy (non-hydrogen) atoms. The molecule has 8 heteroatoms. The van der Waals surface area contributed by atoms with E-state index < -0.39 is 15.9 Å². The first-order valence-electron chi connectivity index (χ1n) is 10.7. The molecule has 1 N–H and O–H groups in total. The normalized spacial score (nSPS) is 15.3. The van der Waals surface area contributed by atoms with Gasteiger partial charge >= 0.3 is 0 Å². The molecular formula is C24H28N4O3S. The molecule has 1 aliphatic rings. The number of piperazine rings is 1. The van der Waals surface area contributed by atoms with Crippen LogP contribution in [0, 0.1) is 11.3 Å². The highest BCUT2D eigenvalue weighted by atomic mass is 32.2. The predicted molar refractivity (Wildman–Crippen MR) is 124 cm³/mol. The number of aryl methyl sites for hydroxylation is 2. The van der Waals surface area contributed by atoms with E-state index in [0.717, 1.165) is 29.7 Å². The standard InChI is InChI=1S/C24H28N4O3S/c1-3-19-9-8-10-20(4-2)23(19)26-24(29)21(17-25)18-27-13-15-28(16-14-27)32(30,31)22-11-6-5-7-12-22/h5-12,18H,3-4,13-16H2,1-2H3,(H,26,29)/b21-18-. The molecular weight excluding hydrogens is 424 g/mol. The van der Waals surface area contributed by atoms with Crippen LogP contribution in [-0.2, 0) is 27.7 Å². The fourth-order valence-electron chi connectivity index (χ4n) is 3.72. The number of carbonyl (C=O) groups is 1. The van der Waals surface area contributed by atoms with Crippen LogP contribution in [0.1, 0.15) is 25.0 Å². The van der Waals surface area contributed by atoms with Crippen LogP contribution >= 0.6 is 0 Å². The fraction of sp³-hybridized carbons (Fsp3) is 0.333. The maximum atomic E-state index is 12.8. The molecule has 1 amide bonds. The number of carbonyl (C=O) groups excluding carboxylic acids is 1. The third-order valence-corrected chi connectivity index (χ3v) is 7.48. The first kappa shape index (κ1) is 23.5. The van der Waals surface area contributed by atoms with E-state index in [1.807, 2.05) is 43.0 Å². The lowest BCUT2D eigenvalue weighted by molar-refractivity contribution is -0.112. The highest BCUT2D eigenvalue weighted by Gasteiger charge is 2.28. The molecule has 0 bridgehead atoms. The molecule has 0 aromatic heterocycles. The minimum atomic E-state index is -3.55. The second-order valence-corrected chi connectivity index (χ2v) is 9.46. The van der Waals surface area contributed by atoms with Crippen molar-refractivity contribution in [2.24, 2.45) is 0 Å². The fourth-order valence-corrected chi connectivity index (χ4v) is 5.16. The zero-order valence-electron chi connectivity index (χ0n) is 18.4. The maximum Gasteiger partial charge on any atom is 0.267 e. The van der Waals surface area contributed by atoms with Crippen LogP contribution in [0.15, 0.2) is 65.2 Å². The van der Waals surface area contributed by atoms with Gasteiger partial charge in [-0.25, -0.2) is 8.42 Å². The number of para-hydroxylation sites is 1. The van der Waals surface area contributed by atoms with E-state index in [4.69, 9.17) is 0 Å². The molecule has 0 saturated carbocycles. The van der Waals surface area contributed by atoms with Gasteiger partial charge in [0.15, 0.2) is 0 Å². The van der Waals surface area contributed by atoms with E-state index in [1.165, 1.54) is 10.5 Å². The topological polar surface area (TPSA) is 93.5 Å². The molecule has 0 aliphatic carbocycles. The zero-order valence-corrected chi connectivity index (χ0v) is 19.2. The first-order valence-corrected chi connectivity index (χ1v) is 12.2. The lowest BCUT2D eigenvalue weighted by atomic mass is 10.0. The van der Waals surface area contributed by atoms with Crippen LogP contribution in [-0.4, -0.2) is 49.7 Å². The number of nitrogens with one attached hydrogen (secondary N) is 1. The second-order valence-electron chi connectivity index (χ2n) is 7.52. The van der Waals surface area contributed by atoms with E-state index >= 15 is 0 Å². The molecule has 0 unspecified atom stereocenters. The smallest absolute Gasteiger partial charge is 0.267 e. The average molecular weight is 453 g/mol. The second kappa shape index (κ2) is 10.4. The minimum Gasteiger partial charge on any atom is -0.373 e. The predicted octanol–water partition coefficient (Wildman–Crippen LogP) is 3.16. The van der Waals surface area contributed by atoms with E-state index in [-0.39, 0.29) is 23.6 Å². The molecule has 1 aliphatic heterocycles. The molecule has 1 heterocycles. The number of benzene rings is 2. The summed E-state index contributed by atoms with van der Waals surface area (Å²) in [7, 11) is -3.55. The van der Waals surface area contributed by atoms with Gasteiger partial charge in [-0.2, -0.15) is 9.57 Å². The van der Waals surface area contributed by atoms with Crippen LogP contribution in [0.25, 0.3) is 0 Å². The average Bonchev–Trinajstić information content (AvgIpc) is 2.83. The van der Waals surface area contributed by atoms with Gasteiger partial charge in [0.1, 0.15) is 11.6 Å². The maximum absolute atomic E-state index is 12.8. The first-order chi connectivity index (χ1) is 15.4. The minimum absolute atomic E-state index is 0.00248. The third kappa shape index (κ3) is 5.18. The molecule has 0 atom stereocenters. The van der Waals surface area contributed by atoms with Gasteiger partial charge in [0, 0.05) is 38.1 Å². The highest BCUT2D eigenvalue weighted by Crippen LogP contribution is 2.23. The highest BCUT2D eigenvalue weighted by molar-refractivity contribution is 7.89. The van der Waals surface area contributed by atoms with Gasteiger partial charge in [0.25, 0.3) is 5.91 Å². The van der Waals surface area contributed by atoms with Gasteiger partial charge in [-0.3, -0.25) is 4.79 Å². The van der Waals surface area contributed by atoms with Gasteiger partial charge in [0.05, 0.1) is 4.90 Å². The number of sulfonamides is 1. The third-order valence-electron chi connectivity index (χ3n) is 5.57. The summed E-state index contributed by atoms with van der Waals surface area (Å²) in [6, 6.07) is 16.2. The lowest BCUT2D eigenvalue weighted by Crippen LogP contribution is -2.46. The summed E-state index contributed by atoms with van der Waals surface area (Å²) in [4.78, 5) is 14.9.